The number of benzene rings is 8. The normalized spacial score (nSPS) is 11.9. The molecular weight excluding hydrogens is 637 g/mol. The van der Waals surface area contributed by atoms with Crippen molar-refractivity contribution in [3.63, 3.8) is 0 Å². The van der Waals surface area contributed by atoms with Crippen LogP contribution in [0.25, 0.3) is 97.4 Å². The fraction of sp³-hybridized carbons (Fsp3) is 0. The number of aromatic nitrogens is 2. The molecule has 0 fully saturated rings. The molecule has 0 atom stereocenters. The van der Waals surface area contributed by atoms with Gasteiger partial charge in [0.1, 0.15) is 0 Å². The zero-order chi connectivity index (χ0) is 33.5. The molecule has 3 heteroatoms. The van der Waals surface area contributed by atoms with Crippen molar-refractivity contribution in [2.24, 2.45) is 0 Å². The Kier molecular flexibility index (Phi) is 6.16. The van der Waals surface area contributed by atoms with Crippen molar-refractivity contribution in [3.05, 3.63) is 182 Å². The molecule has 51 heavy (non-hydrogen) atoms. The highest BCUT2D eigenvalue weighted by atomic mass is 32.1. The summed E-state index contributed by atoms with van der Waals surface area (Å²) < 4.78 is 7.63. The Labute approximate surface area is 298 Å². The summed E-state index contributed by atoms with van der Waals surface area (Å²) in [5.74, 6) is 0. The Morgan fingerprint density at radius 1 is 0.333 bits per heavy atom. The maximum absolute atomic E-state index is 2.54. The summed E-state index contributed by atoms with van der Waals surface area (Å²) >= 11 is 1.90. The van der Waals surface area contributed by atoms with E-state index in [1.165, 1.54) is 91.7 Å². The van der Waals surface area contributed by atoms with E-state index < -0.39 is 0 Å². The molecule has 0 spiro atoms. The van der Waals surface area contributed by atoms with Crippen molar-refractivity contribution in [1.29, 1.82) is 0 Å². The molecule has 2 nitrogen and oxygen atoms in total. The Morgan fingerprint density at radius 2 is 0.863 bits per heavy atom. The molecular formula is C48H30N2S. The van der Waals surface area contributed by atoms with Gasteiger partial charge >= 0.3 is 0 Å². The number of rotatable bonds is 4. The van der Waals surface area contributed by atoms with Crippen LogP contribution in [-0.4, -0.2) is 9.13 Å². The van der Waals surface area contributed by atoms with Crippen LogP contribution in [0.4, 0.5) is 0 Å². The summed E-state index contributed by atoms with van der Waals surface area (Å²) in [7, 11) is 0. The molecule has 11 rings (SSSR count). The summed E-state index contributed by atoms with van der Waals surface area (Å²) in [5.41, 5.74) is 12.1. The lowest BCUT2D eigenvalue weighted by molar-refractivity contribution is 1.16. The van der Waals surface area contributed by atoms with Gasteiger partial charge in [-0.2, -0.15) is 0 Å². The maximum atomic E-state index is 2.54. The van der Waals surface area contributed by atoms with Crippen LogP contribution in [0.5, 0.6) is 0 Å². The molecule has 0 N–H and O–H groups in total. The SMILES string of the molecule is c1ccc(-c2cccc(-n3c4ccccc4c4ccc5c6ccccc6n(-c6cccc7c6sc6cc(-c8ccccc8)ccc67)c5c43)c2)cc1. The number of thiophene rings is 1. The second-order valence-electron chi connectivity index (χ2n) is 13.3. The zero-order valence-corrected chi connectivity index (χ0v) is 28.4. The fourth-order valence-electron chi connectivity index (χ4n) is 8.24. The first-order chi connectivity index (χ1) is 25.3. The van der Waals surface area contributed by atoms with Gasteiger partial charge in [0.15, 0.2) is 0 Å². The first-order valence-corrected chi connectivity index (χ1v) is 18.3. The molecule has 0 amide bonds. The van der Waals surface area contributed by atoms with Gasteiger partial charge in [0.25, 0.3) is 0 Å². The minimum atomic E-state index is 1.15. The number of hydrogen-bond acceptors (Lipinski definition) is 1. The van der Waals surface area contributed by atoms with Crippen LogP contribution in [0.15, 0.2) is 182 Å². The van der Waals surface area contributed by atoms with Gasteiger partial charge < -0.3 is 9.13 Å². The first kappa shape index (κ1) is 28.4. The number of nitrogens with zero attached hydrogens (tertiary/aromatic N) is 2. The smallest absolute Gasteiger partial charge is 0.0789 e. The summed E-state index contributed by atoms with van der Waals surface area (Å²) in [6.45, 7) is 0. The van der Waals surface area contributed by atoms with E-state index in [1.807, 2.05) is 11.3 Å². The average molecular weight is 667 g/mol. The number of para-hydroxylation sites is 2. The lowest BCUT2D eigenvalue weighted by Crippen LogP contribution is -1.99. The van der Waals surface area contributed by atoms with E-state index in [0.29, 0.717) is 0 Å². The summed E-state index contributed by atoms with van der Waals surface area (Å²) in [4.78, 5) is 0. The van der Waals surface area contributed by atoms with E-state index in [0.717, 1.165) is 5.69 Å². The van der Waals surface area contributed by atoms with Crippen molar-refractivity contribution >= 4 is 75.1 Å². The quantitative estimate of drug-likeness (QED) is 0.177. The van der Waals surface area contributed by atoms with Gasteiger partial charge in [-0.25, -0.2) is 0 Å². The molecule has 11 aromatic rings. The third-order valence-electron chi connectivity index (χ3n) is 10.5. The Bertz CT molecular complexity index is 3130. The van der Waals surface area contributed by atoms with E-state index in [9.17, 15) is 0 Å². The first-order valence-electron chi connectivity index (χ1n) is 17.4. The van der Waals surface area contributed by atoms with E-state index in [2.05, 4.69) is 191 Å². The van der Waals surface area contributed by atoms with Gasteiger partial charge in [-0.3, -0.25) is 0 Å². The van der Waals surface area contributed by atoms with Crippen LogP contribution in [0.1, 0.15) is 0 Å². The maximum Gasteiger partial charge on any atom is 0.0789 e. The number of hydrogen-bond donors (Lipinski definition) is 0. The van der Waals surface area contributed by atoms with Crippen LogP contribution in [0.2, 0.25) is 0 Å². The largest absolute Gasteiger partial charge is 0.307 e. The highest BCUT2D eigenvalue weighted by Crippen LogP contribution is 2.45. The molecule has 0 bridgehead atoms. The van der Waals surface area contributed by atoms with Crippen molar-refractivity contribution in [1.82, 2.24) is 9.13 Å². The van der Waals surface area contributed by atoms with Crippen LogP contribution in [0.3, 0.4) is 0 Å². The van der Waals surface area contributed by atoms with Crippen LogP contribution >= 0.6 is 11.3 Å². The monoisotopic (exact) mass is 666 g/mol. The van der Waals surface area contributed by atoms with Crippen LogP contribution in [-0.2, 0) is 0 Å². The fourth-order valence-corrected chi connectivity index (χ4v) is 9.49. The third-order valence-corrected chi connectivity index (χ3v) is 11.7. The highest BCUT2D eigenvalue weighted by molar-refractivity contribution is 7.26. The topological polar surface area (TPSA) is 9.86 Å². The van der Waals surface area contributed by atoms with Crippen LogP contribution in [0, 0.1) is 0 Å². The Balaban J connectivity index is 1.26. The zero-order valence-electron chi connectivity index (χ0n) is 27.6. The Hall–Kier alpha value is -6.42. The van der Waals surface area contributed by atoms with E-state index >= 15 is 0 Å². The predicted octanol–water partition coefficient (Wildman–Crippen LogP) is 13.6. The van der Waals surface area contributed by atoms with Gasteiger partial charge in [-0.15, -0.1) is 11.3 Å². The van der Waals surface area contributed by atoms with E-state index in [1.54, 1.807) is 0 Å². The van der Waals surface area contributed by atoms with Crippen molar-refractivity contribution in [2.45, 2.75) is 0 Å². The third kappa shape index (κ3) is 4.22. The molecule has 0 unspecified atom stereocenters. The molecule has 0 saturated heterocycles. The molecule has 238 valence electrons. The van der Waals surface area contributed by atoms with Crippen molar-refractivity contribution < 1.29 is 0 Å². The highest BCUT2D eigenvalue weighted by Gasteiger charge is 2.23. The molecule has 0 aliphatic rings. The predicted molar refractivity (Wildman–Crippen MR) is 219 cm³/mol. The number of fused-ring (bicyclic) bond motifs is 10. The van der Waals surface area contributed by atoms with E-state index in [-0.39, 0.29) is 0 Å². The lowest BCUT2D eigenvalue weighted by Gasteiger charge is -2.14. The summed E-state index contributed by atoms with van der Waals surface area (Å²) in [6, 6.07) is 66.6. The molecule has 0 radical (unpaired) electrons. The second-order valence-corrected chi connectivity index (χ2v) is 14.4. The van der Waals surface area contributed by atoms with Gasteiger partial charge in [-0.1, -0.05) is 146 Å². The average Bonchev–Trinajstić information content (AvgIpc) is 3.86. The van der Waals surface area contributed by atoms with Gasteiger partial charge in [0.2, 0.25) is 0 Å². The Morgan fingerprint density at radius 3 is 1.57 bits per heavy atom. The van der Waals surface area contributed by atoms with Gasteiger partial charge in [0.05, 0.1) is 32.5 Å². The van der Waals surface area contributed by atoms with E-state index in [4.69, 9.17) is 0 Å². The molecule has 0 aliphatic heterocycles. The standard InChI is InChI=1S/C48H30N2S/c1-3-13-31(14-4-1)33-17-11-18-35(29-33)49-42-22-9-7-19-36(42)39-27-28-40-37-20-8-10-23-43(37)50(47(40)46(39)49)44-24-12-21-41-38-26-25-34(30-45(38)51-48(41)44)32-15-5-2-6-16-32/h1-30H. The summed E-state index contributed by atoms with van der Waals surface area (Å²) in [5, 5.41) is 7.61. The van der Waals surface area contributed by atoms with Crippen LogP contribution < -0.4 is 0 Å². The molecule has 0 saturated carbocycles. The molecule has 8 aromatic carbocycles. The van der Waals surface area contributed by atoms with Crippen molar-refractivity contribution in [2.75, 3.05) is 0 Å². The lowest BCUT2D eigenvalue weighted by atomic mass is 10.0. The minimum Gasteiger partial charge on any atom is -0.307 e. The molecule has 3 heterocycles. The molecule has 3 aromatic heterocycles. The minimum absolute atomic E-state index is 1.15. The summed E-state index contributed by atoms with van der Waals surface area (Å²) in [6.07, 6.45) is 0. The van der Waals surface area contributed by atoms with Gasteiger partial charge in [-0.05, 0) is 58.7 Å². The second kappa shape index (κ2) is 11.0. The van der Waals surface area contributed by atoms with Gasteiger partial charge in [0, 0.05) is 42.7 Å². The van der Waals surface area contributed by atoms with Crippen molar-refractivity contribution in [3.8, 4) is 33.6 Å². The molecule has 0 aliphatic carbocycles.